The maximum Gasteiger partial charge on any atom is 0.339 e. The van der Waals surface area contributed by atoms with Crippen LogP contribution in [0.15, 0.2) is 30.5 Å². The number of hydrogen-bond donors (Lipinski definition) is 1. The van der Waals surface area contributed by atoms with Crippen LogP contribution in [0, 0.1) is 11.6 Å². The van der Waals surface area contributed by atoms with Gasteiger partial charge in [-0.3, -0.25) is 9.78 Å². The number of fused-ring (bicyclic) bond motifs is 1. The zero-order chi connectivity index (χ0) is 23.9. The molecule has 0 bridgehead atoms. The normalized spacial score (nSPS) is 14.0. The van der Waals surface area contributed by atoms with Crippen LogP contribution in [-0.2, 0) is 4.79 Å². The van der Waals surface area contributed by atoms with Gasteiger partial charge in [0.05, 0.1) is 23.4 Å². The third-order valence-electron chi connectivity index (χ3n) is 5.74. The number of rotatable bonds is 4. The van der Waals surface area contributed by atoms with Crippen molar-refractivity contribution < 1.29 is 28.2 Å². The lowest BCUT2D eigenvalue weighted by Gasteiger charge is -2.36. The first-order valence-corrected chi connectivity index (χ1v) is 10.5. The molecule has 0 atom stereocenters. The Labute approximate surface area is 193 Å². The summed E-state index contributed by atoms with van der Waals surface area (Å²) in [6.45, 7) is 2.94. The Morgan fingerprint density at radius 3 is 2.45 bits per heavy atom. The van der Waals surface area contributed by atoms with Gasteiger partial charge < -0.3 is 19.6 Å². The van der Waals surface area contributed by atoms with Crippen molar-refractivity contribution in [2.24, 2.45) is 0 Å². The average molecular weight is 476 g/mol. The molecule has 4 rings (SSSR count). The molecule has 172 valence electrons. The molecular formula is C23H20ClF2N3O4. The number of pyridine rings is 1. The molecule has 1 N–H and O–H groups in total. The maximum absolute atomic E-state index is 15.8. The Kier molecular flexibility index (Phi) is 6.07. The Bertz CT molecular complexity index is 1280. The van der Waals surface area contributed by atoms with Gasteiger partial charge in [0.25, 0.3) is 0 Å². The summed E-state index contributed by atoms with van der Waals surface area (Å²) >= 11 is 6.44. The molecule has 0 radical (unpaired) electrons. The fourth-order valence-corrected chi connectivity index (χ4v) is 4.43. The van der Waals surface area contributed by atoms with Gasteiger partial charge in [-0.25, -0.2) is 13.6 Å². The second-order valence-corrected chi connectivity index (χ2v) is 7.99. The molecule has 1 aliphatic heterocycles. The minimum Gasteiger partial charge on any atom is -0.496 e. The van der Waals surface area contributed by atoms with Crippen LogP contribution in [0.3, 0.4) is 0 Å². The van der Waals surface area contributed by atoms with Crippen molar-refractivity contribution in [2.45, 2.75) is 6.92 Å². The van der Waals surface area contributed by atoms with E-state index in [1.165, 1.54) is 38.3 Å². The first-order chi connectivity index (χ1) is 15.7. The number of amides is 1. The number of hydrogen-bond acceptors (Lipinski definition) is 5. The van der Waals surface area contributed by atoms with Gasteiger partial charge >= 0.3 is 5.97 Å². The van der Waals surface area contributed by atoms with E-state index in [-0.39, 0.29) is 50.0 Å². The van der Waals surface area contributed by atoms with Crippen LogP contribution < -0.4 is 9.64 Å². The molecule has 1 amide bonds. The van der Waals surface area contributed by atoms with Gasteiger partial charge in [-0.15, -0.1) is 0 Å². The number of carbonyl (C=O) groups is 2. The molecular weight excluding hydrogens is 456 g/mol. The SMILES string of the molecule is COc1cccc(F)c1-c1c(Cl)cc2c(N3CCN(C(C)=O)CC3)c(C(=O)O)cnc2c1F. The van der Waals surface area contributed by atoms with Crippen molar-refractivity contribution in [3.63, 3.8) is 0 Å². The number of ether oxygens (including phenoxy) is 1. The molecule has 0 saturated carbocycles. The Hall–Kier alpha value is -3.46. The minimum absolute atomic E-state index is 0.0785. The van der Waals surface area contributed by atoms with E-state index < -0.39 is 17.6 Å². The highest BCUT2D eigenvalue weighted by Crippen LogP contribution is 2.43. The van der Waals surface area contributed by atoms with E-state index in [0.717, 1.165) is 6.20 Å². The molecule has 0 unspecified atom stereocenters. The summed E-state index contributed by atoms with van der Waals surface area (Å²) in [4.78, 5) is 31.1. The number of nitrogens with zero attached hydrogens (tertiary/aromatic N) is 3. The Balaban J connectivity index is 1.94. The van der Waals surface area contributed by atoms with Crippen LogP contribution in [0.1, 0.15) is 17.3 Å². The standard InChI is InChI=1S/C23H20ClF2N3O4/c1-12(30)28-6-8-29(9-7-28)22-13-10-15(24)18(19-16(25)4-3-5-17(19)33-2)20(26)21(13)27-11-14(22)23(31)32/h3-5,10-11H,6-9H2,1-2H3,(H,31,32). The van der Waals surface area contributed by atoms with E-state index in [4.69, 9.17) is 16.3 Å². The third-order valence-corrected chi connectivity index (χ3v) is 6.04. The molecule has 1 fully saturated rings. The van der Waals surface area contributed by atoms with Crippen molar-refractivity contribution >= 4 is 40.1 Å². The number of benzene rings is 2. The summed E-state index contributed by atoms with van der Waals surface area (Å²) in [5.74, 6) is -2.83. The predicted molar refractivity (Wildman–Crippen MR) is 120 cm³/mol. The molecule has 0 spiro atoms. The van der Waals surface area contributed by atoms with Gasteiger partial charge in [0.15, 0.2) is 5.82 Å². The smallest absolute Gasteiger partial charge is 0.339 e. The lowest BCUT2D eigenvalue weighted by Crippen LogP contribution is -2.48. The topological polar surface area (TPSA) is 83.0 Å². The number of carboxylic acid groups (broad SMARTS) is 1. The second-order valence-electron chi connectivity index (χ2n) is 7.58. The summed E-state index contributed by atoms with van der Waals surface area (Å²) in [6, 6.07) is 5.48. The van der Waals surface area contributed by atoms with Crippen molar-refractivity contribution in [1.82, 2.24) is 9.88 Å². The first-order valence-electron chi connectivity index (χ1n) is 10.1. The number of piperazine rings is 1. The van der Waals surface area contributed by atoms with Crippen LogP contribution in [0.25, 0.3) is 22.0 Å². The summed E-state index contributed by atoms with van der Waals surface area (Å²) in [7, 11) is 1.33. The van der Waals surface area contributed by atoms with Crippen molar-refractivity contribution in [2.75, 3.05) is 38.2 Å². The van der Waals surface area contributed by atoms with Crippen molar-refractivity contribution in [3.8, 4) is 16.9 Å². The minimum atomic E-state index is -1.23. The number of anilines is 1. The molecule has 33 heavy (non-hydrogen) atoms. The lowest BCUT2D eigenvalue weighted by atomic mass is 9.98. The molecule has 1 aromatic heterocycles. The van der Waals surface area contributed by atoms with Crippen LogP contribution in [0.2, 0.25) is 5.02 Å². The fraction of sp³-hybridized carbons (Fsp3) is 0.261. The van der Waals surface area contributed by atoms with Crippen molar-refractivity contribution in [1.29, 1.82) is 0 Å². The lowest BCUT2D eigenvalue weighted by molar-refractivity contribution is -0.129. The largest absolute Gasteiger partial charge is 0.496 e. The summed E-state index contributed by atoms with van der Waals surface area (Å²) in [5.41, 5.74) is -0.380. The quantitative estimate of drug-likeness (QED) is 0.608. The Morgan fingerprint density at radius 1 is 1.15 bits per heavy atom. The van der Waals surface area contributed by atoms with Gasteiger partial charge in [0, 0.05) is 50.2 Å². The number of methoxy groups -OCH3 is 1. The predicted octanol–water partition coefficient (Wildman–Crippen LogP) is 4.21. The highest BCUT2D eigenvalue weighted by atomic mass is 35.5. The van der Waals surface area contributed by atoms with Gasteiger partial charge in [0.1, 0.15) is 22.6 Å². The molecule has 1 aliphatic rings. The number of carbonyl (C=O) groups excluding carboxylic acids is 1. The van der Waals surface area contributed by atoms with Crippen LogP contribution in [-0.4, -0.2) is 60.2 Å². The summed E-state index contributed by atoms with van der Waals surface area (Å²) in [6.07, 6.45) is 1.08. The molecule has 0 aliphatic carbocycles. The van der Waals surface area contributed by atoms with E-state index >= 15 is 4.39 Å². The zero-order valence-electron chi connectivity index (χ0n) is 17.9. The average Bonchev–Trinajstić information content (AvgIpc) is 2.79. The van der Waals surface area contributed by atoms with E-state index in [0.29, 0.717) is 26.2 Å². The van der Waals surface area contributed by atoms with Gasteiger partial charge in [-0.2, -0.15) is 0 Å². The third kappa shape index (κ3) is 3.93. The van der Waals surface area contributed by atoms with Crippen molar-refractivity contribution in [3.05, 3.63) is 52.7 Å². The van der Waals surface area contributed by atoms with Crippen LogP contribution in [0.4, 0.5) is 14.5 Å². The van der Waals surface area contributed by atoms with Crippen LogP contribution >= 0.6 is 11.6 Å². The molecule has 1 saturated heterocycles. The van der Waals surface area contributed by atoms with Gasteiger partial charge in [0.2, 0.25) is 5.91 Å². The number of halogens is 3. The number of carboxylic acids is 1. The molecule has 10 heteroatoms. The Morgan fingerprint density at radius 2 is 1.85 bits per heavy atom. The number of aromatic carboxylic acids is 1. The maximum atomic E-state index is 15.8. The number of aromatic nitrogens is 1. The second kappa shape index (κ2) is 8.82. The molecule has 7 nitrogen and oxygen atoms in total. The van der Waals surface area contributed by atoms with E-state index in [1.54, 1.807) is 9.80 Å². The zero-order valence-corrected chi connectivity index (χ0v) is 18.6. The first kappa shape index (κ1) is 22.7. The fourth-order valence-electron chi connectivity index (χ4n) is 4.14. The monoisotopic (exact) mass is 475 g/mol. The van der Waals surface area contributed by atoms with E-state index in [2.05, 4.69) is 4.98 Å². The molecule has 2 heterocycles. The van der Waals surface area contributed by atoms with E-state index in [9.17, 15) is 19.1 Å². The van der Waals surface area contributed by atoms with Crippen LogP contribution in [0.5, 0.6) is 5.75 Å². The van der Waals surface area contributed by atoms with Gasteiger partial charge in [-0.05, 0) is 18.2 Å². The summed E-state index contributed by atoms with van der Waals surface area (Å²) < 4.78 is 35.7. The van der Waals surface area contributed by atoms with E-state index in [1.807, 2.05) is 0 Å². The highest BCUT2D eigenvalue weighted by Gasteiger charge is 2.28. The highest BCUT2D eigenvalue weighted by molar-refractivity contribution is 6.34. The summed E-state index contributed by atoms with van der Waals surface area (Å²) in [5, 5.41) is 9.82. The molecule has 2 aromatic carbocycles. The molecule has 3 aromatic rings. The van der Waals surface area contributed by atoms with Gasteiger partial charge in [-0.1, -0.05) is 17.7 Å².